The normalized spacial score (nSPS) is 25.2. The van der Waals surface area contributed by atoms with Gasteiger partial charge in [0.1, 0.15) is 36.6 Å². The molecule has 2 heterocycles. The van der Waals surface area contributed by atoms with Crippen molar-refractivity contribution in [1.29, 1.82) is 0 Å². The molecule has 0 aromatic heterocycles. The van der Waals surface area contributed by atoms with Crippen molar-refractivity contribution in [2.75, 3.05) is 25.7 Å². The van der Waals surface area contributed by atoms with E-state index in [4.69, 9.17) is 47.4 Å². The standard InChI is InChI=1S/C56H62O10S/c1-57-55-53(63-37-45-29-17-7-18-30-45)51(61-35-43-25-13-5-14-26-43)49(59-33-41-21-9-3-10-22-41)47(65-55)39-67-40-48-50(60-34-42-23-11-4-12-24-42)52(62-36-44-27-15-6-16-28-44)54(56(58-2)66-48)64-38-46-31-19-8-20-32-46/h3-32,47-56H,33-40H2,1-2H3/t47-,48-,49-,50-,51-,52+,53-,54-,55-,56+/m1/s1. The predicted octanol–water partition coefficient (Wildman–Crippen LogP) is 9.97. The molecule has 0 aliphatic carbocycles. The highest BCUT2D eigenvalue weighted by Gasteiger charge is 2.51. The van der Waals surface area contributed by atoms with Gasteiger partial charge < -0.3 is 47.4 Å². The average Bonchev–Trinajstić information content (AvgIpc) is 3.39. The third-order valence-electron chi connectivity index (χ3n) is 11.9. The van der Waals surface area contributed by atoms with Crippen molar-refractivity contribution in [3.05, 3.63) is 215 Å². The van der Waals surface area contributed by atoms with Crippen LogP contribution in [0.5, 0.6) is 0 Å². The molecule has 10 nitrogen and oxygen atoms in total. The van der Waals surface area contributed by atoms with Crippen LogP contribution in [0.15, 0.2) is 182 Å². The fourth-order valence-corrected chi connectivity index (χ4v) is 9.58. The summed E-state index contributed by atoms with van der Waals surface area (Å²) in [5, 5.41) is 0. The third-order valence-corrected chi connectivity index (χ3v) is 13.1. The van der Waals surface area contributed by atoms with Gasteiger partial charge in [-0.1, -0.05) is 182 Å². The fraction of sp³-hybridized carbons (Fsp3) is 0.357. The number of ether oxygens (including phenoxy) is 10. The van der Waals surface area contributed by atoms with E-state index < -0.39 is 61.4 Å². The quantitative estimate of drug-likeness (QED) is 0.0581. The molecule has 352 valence electrons. The molecule has 67 heavy (non-hydrogen) atoms. The van der Waals surface area contributed by atoms with Crippen LogP contribution in [0.3, 0.4) is 0 Å². The Bertz CT molecular complexity index is 2090. The topological polar surface area (TPSA) is 92.3 Å². The zero-order valence-corrected chi connectivity index (χ0v) is 39.1. The van der Waals surface area contributed by atoms with Gasteiger partial charge in [0.2, 0.25) is 0 Å². The molecule has 2 fully saturated rings. The summed E-state index contributed by atoms with van der Waals surface area (Å²) in [6.45, 7) is 2.10. The maximum Gasteiger partial charge on any atom is 0.186 e. The predicted molar refractivity (Wildman–Crippen MR) is 259 cm³/mol. The van der Waals surface area contributed by atoms with Crippen LogP contribution in [-0.2, 0) is 87.0 Å². The summed E-state index contributed by atoms with van der Waals surface area (Å²) >= 11 is 1.68. The van der Waals surface area contributed by atoms with E-state index in [1.807, 2.05) is 133 Å². The van der Waals surface area contributed by atoms with Crippen LogP contribution in [0.2, 0.25) is 0 Å². The van der Waals surface area contributed by atoms with E-state index >= 15 is 0 Å². The second-order valence-corrected chi connectivity index (χ2v) is 17.7. The Morgan fingerprint density at radius 2 is 0.537 bits per heavy atom. The van der Waals surface area contributed by atoms with Crippen molar-refractivity contribution in [3.8, 4) is 0 Å². The number of benzene rings is 6. The van der Waals surface area contributed by atoms with Crippen LogP contribution >= 0.6 is 11.8 Å². The number of rotatable bonds is 24. The van der Waals surface area contributed by atoms with E-state index in [1.165, 1.54) is 0 Å². The zero-order chi connectivity index (χ0) is 45.9. The van der Waals surface area contributed by atoms with Gasteiger partial charge in [0.15, 0.2) is 12.6 Å². The Kier molecular flexibility index (Phi) is 19.0. The van der Waals surface area contributed by atoms with Crippen LogP contribution in [0.1, 0.15) is 33.4 Å². The Labute approximate surface area is 399 Å². The summed E-state index contributed by atoms with van der Waals surface area (Å²) in [5.41, 5.74) is 6.21. The highest BCUT2D eigenvalue weighted by atomic mass is 32.2. The second kappa shape index (κ2) is 26.1. The molecule has 0 spiro atoms. The molecule has 2 aliphatic heterocycles. The van der Waals surface area contributed by atoms with Gasteiger partial charge in [0, 0.05) is 25.7 Å². The molecule has 0 bridgehead atoms. The van der Waals surface area contributed by atoms with Gasteiger partial charge in [-0.05, 0) is 33.4 Å². The van der Waals surface area contributed by atoms with Crippen molar-refractivity contribution in [1.82, 2.24) is 0 Å². The van der Waals surface area contributed by atoms with Crippen molar-refractivity contribution < 1.29 is 47.4 Å². The molecule has 0 unspecified atom stereocenters. The zero-order valence-electron chi connectivity index (χ0n) is 38.2. The summed E-state index contributed by atoms with van der Waals surface area (Å²) in [4.78, 5) is 0. The number of hydrogen-bond donors (Lipinski definition) is 0. The first-order valence-electron chi connectivity index (χ1n) is 23.0. The van der Waals surface area contributed by atoms with Gasteiger partial charge in [-0.2, -0.15) is 11.8 Å². The molecule has 0 saturated carbocycles. The first kappa shape index (κ1) is 48.7. The van der Waals surface area contributed by atoms with Crippen LogP contribution < -0.4 is 0 Å². The van der Waals surface area contributed by atoms with E-state index in [2.05, 4.69) is 48.5 Å². The average molecular weight is 927 g/mol. The SMILES string of the molecule is CO[C@H]1O[C@H](CSC[C@H]2O[C@@H](OC)[C@H](OCc3ccccc3)[C@H](OCc3ccccc3)[C@@H]2OCc2ccccc2)[C@@H](OCc2ccccc2)[C@H](OCc2ccccc2)[C@H]1OCc1ccccc1. The largest absolute Gasteiger partial charge is 0.368 e. The maximum absolute atomic E-state index is 6.90. The number of methoxy groups -OCH3 is 2. The minimum Gasteiger partial charge on any atom is -0.368 e. The van der Waals surface area contributed by atoms with Gasteiger partial charge >= 0.3 is 0 Å². The lowest BCUT2D eigenvalue weighted by Gasteiger charge is -2.46. The molecule has 0 N–H and O–H groups in total. The van der Waals surface area contributed by atoms with Gasteiger partial charge in [-0.25, -0.2) is 0 Å². The highest BCUT2D eigenvalue weighted by molar-refractivity contribution is 7.99. The number of thioether (sulfide) groups is 1. The van der Waals surface area contributed by atoms with Crippen LogP contribution in [0.4, 0.5) is 0 Å². The van der Waals surface area contributed by atoms with Crippen molar-refractivity contribution in [2.24, 2.45) is 0 Å². The smallest absolute Gasteiger partial charge is 0.186 e. The molecule has 10 atom stereocenters. The van der Waals surface area contributed by atoms with E-state index in [9.17, 15) is 0 Å². The van der Waals surface area contributed by atoms with Crippen LogP contribution in [0, 0.1) is 0 Å². The Morgan fingerprint density at radius 3 is 0.776 bits per heavy atom. The van der Waals surface area contributed by atoms with Gasteiger partial charge in [0.05, 0.1) is 51.8 Å². The summed E-state index contributed by atoms with van der Waals surface area (Å²) in [5.74, 6) is 1.03. The van der Waals surface area contributed by atoms with Gasteiger partial charge in [-0.15, -0.1) is 0 Å². The lowest BCUT2D eigenvalue weighted by molar-refractivity contribution is -0.314. The van der Waals surface area contributed by atoms with Crippen molar-refractivity contribution in [3.63, 3.8) is 0 Å². The molecule has 2 aliphatic rings. The third kappa shape index (κ3) is 14.2. The first-order chi connectivity index (χ1) is 33.1. The minimum atomic E-state index is -0.740. The van der Waals surface area contributed by atoms with Crippen molar-refractivity contribution in [2.45, 2.75) is 101 Å². The monoisotopic (exact) mass is 926 g/mol. The van der Waals surface area contributed by atoms with E-state index in [0.717, 1.165) is 33.4 Å². The Hall–Kier alpha value is -4.73. The molecule has 2 saturated heterocycles. The number of hydrogen-bond acceptors (Lipinski definition) is 11. The molecule has 6 aromatic rings. The van der Waals surface area contributed by atoms with Crippen LogP contribution in [0.25, 0.3) is 0 Å². The molecular weight excluding hydrogens is 865 g/mol. The summed E-state index contributed by atoms with van der Waals surface area (Å²) in [7, 11) is 3.29. The molecule has 0 radical (unpaired) electrons. The van der Waals surface area contributed by atoms with Crippen molar-refractivity contribution >= 4 is 11.8 Å². The summed E-state index contributed by atoms with van der Waals surface area (Å²) in [6.07, 6.45) is -5.80. The van der Waals surface area contributed by atoms with Gasteiger partial charge in [0.25, 0.3) is 0 Å². The summed E-state index contributed by atoms with van der Waals surface area (Å²) in [6, 6.07) is 60.8. The summed E-state index contributed by atoms with van der Waals surface area (Å²) < 4.78 is 66.9. The maximum atomic E-state index is 6.90. The lowest BCUT2D eigenvalue weighted by atomic mass is 9.98. The fourth-order valence-electron chi connectivity index (χ4n) is 8.44. The van der Waals surface area contributed by atoms with E-state index in [-0.39, 0.29) is 0 Å². The molecule has 6 aromatic carbocycles. The Balaban J connectivity index is 1.06. The van der Waals surface area contributed by atoms with E-state index in [1.54, 1.807) is 26.0 Å². The molecule has 11 heteroatoms. The first-order valence-corrected chi connectivity index (χ1v) is 24.2. The van der Waals surface area contributed by atoms with Gasteiger partial charge in [-0.3, -0.25) is 0 Å². The Morgan fingerprint density at radius 1 is 0.313 bits per heavy atom. The lowest BCUT2D eigenvalue weighted by Crippen LogP contribution is -2.62. The second-order valence-electron chi connectivity index (χ2n) is 16.7. The molecular formula is C56H62O10S. The molecule has 0 amide bonds. The van der Waals surface area contributed by atoms with Crippen LogP contribution in [-0.4, -0.2) is 87.1 Å². The minimum absolute atomic E-state index is 0.346. The van der Waals surface area contributed by atoms with E-state index in [0.29, 0.717) is 51.1 Å². The molecule has 8 rings (SSSR count). The highest BCUT2D eigenvalue weighted by Crippen LogP contribution is 2.36.